The molecule has 3 unspecified atom stereocenters. The number of rotatable bonds is 3. The Hall–Kier alpha value is -0.120. The van der Waals surface area contributed by atoms with Crippen LogP contribution < -0.4 is 5.73 Å². The lowest BCUT2D eigenvalue weighted by Crippen LogP contribution is -2.66. The van der Waals surface area contributed by atoms with E-state index in [0.717, 1.165) is 0 Å². The van der Waals surface area contributed by atoms with Gasteiger partial charge in [-0.25, -0.2) is 0 Å². The fraction of sp³-hybridized carbons (Fsp3) is 1.00. The number of hydrogen-bond acceptors (Lipinski definition) is 3. The number of piperazine rings is 3. The highest BCUT2D eigenvalue weighted by Crippen LogP contribution is 2.21. The maximum atomic E-state index is 6.32. The molecule has 0 aromatic carbocycles. The number of hydrogen-bond donors (Lipinski definition) is 1. The summed E-state index contributed by atoms with van der Waals surface area (Å²) in [6.07, 6.45) is 1.20. The van der Waals surface area contributed by atoms with Crippen LogP contribution in [0.25, 0.3) is 0 Å². The predicted octanol–water partition coefficient (Wildman–Crippen LogP) is 0.360. The Morgan fingerprint density at radius 2 is 1.93 bits per heavy atom. The van der Waals surface area contributed by atoms with Gasteiger partial charge in [0.1, 0.15) is 0 Å². The average Bonchev–Trinajstić information content (AvgIpc) is 2.28. The normalized spacial score (nSPS) is 40.9. The van der Waals surface area contributed by atoms with Crippen LogP contribution in [0.5, 0.6) is 0 Å². The third kappa shape index (κ3) is 1.81. The fourth-order valence-electron chi connectivity index (χ4n) is 2.67. The molecule has 0 aliphatic carbocycles. The zero-order valence-corrected chi connectivity index (χ0v) is 9.45. The van der Waals surface area contributed by atoms with Crippen molar-refractivity contribution >= 4 is 0 Å². The Balaban J connectivity index is 1.97. The smallest absolute Gasteiger partial charge is 0.0378 e. The van der Waals surface area contributed by atoms with E-state index in [0.29, 0.717) is 18.0 Å². The van der Waals surface area contributed by atoms with Crippen molar-refractivity contribution in [2.75, 3.05) is 32.7 Å². The fourth-order valence-corrected chi connectivity index (χ4v) is 2.67. The predicted molar refractivity (Wildman–Crippen MR) is 59.2 cm³/mol. The van der Waals surface area contributed by atoms with Gasteiger partial charge in [-0.15, -0.1) is 0 Å². The minimum atomic E-state index is 0.364. The molecule has 0 spiro atoms. The van der Waals surface area contributed by atoms with Crippen LogP contribution in [0.4, 0.5) is 0 Å². The topological polar surface area (TPSA) is 32.5 Å². The maximum absolute atomic E-state index is 6.32. The molecule has 0 saturated carbocycles. The SMILES string of the molecule is CCC(C)C(N)C1CN2CCN1CC2. The van der Waals surface area contributed by atoms with Crippen molar-refractivity contribution in [3.63, 3.8) is 0 Å². The van der Waals surface area contributed by atoms with Crippen molar-refractivity contribution < 1.29 is 0 Å². The highest BCUT2D eigenvalue weighted by atomic mass is 15.3. The average molecular weight is 197 g/mol. The molecule has 3 aliphatic heterocycles. The van der Waals surface area contributed by atoms with E-state index in [2.05, 4.69) is 23.6 Å². The molecule has 0 radical (unpaired) electrons. The molecule has 3 rings (SSSR count). The molecule has 0 amide bonds. The molecule has 14 heavy (non-hydrogen) atoms. The quantitative estimate of drug-likeness (QED) is 0.709. The van der Waals surface area contributed by atoms with E-state index in [1.807, 2.05) is 0 Å². The molecular weight excluding hydrogens is 174 g/mol. The van der Waals surface area contributed by atoms with Gasteiger partial charge < -0.3 is 5.73 Å². The summed E-state index contributed by atoms with van der Waals surface area (Å²) in [5.74, 6) is 0.653. The van der Waals surface area contributed by atoms with Crippen molar-refractivity contribution in [1.82, 2.24) is 9.80 Å². The number of nitrogens with zero attached hydrogens (tertiary/aromatic N) is 2. The van der Waals surface area contributed by atoms with Gasteiger partial charge in [-0.05, 0) is 5.92 Å². The molecule has 3 nitrogen and oxygen atoms in total. The number of nitrogens with two attached hydrogens (primary N) is 1. The standard InChI is InChI=1S/C11H23N3/c1-3-9(2)11(12)10-8-13-4-6-14(10)7-5-13/h9-11H,3-8,12H2,1-2H3. The lowest BCUT2D eigenvalue weighted by molar-refractivity contribution is -0.00517. The summed E-state index contributed by atoms with van der Waals surface area (Å²) in [6.45, 7) is 10.7. The zero-order valence-electron chi connectivity index (χ0n) is 9.45. The van der Waals surface area contributed by atoms with E-state index in [-0.39, 0.29) is 0 Å². The van der Waals surface area contributed by atoms with E-state index in [1.165, 1.54) is 39.1 Å². The van der Waals surface area contributed by atoms with E-state index >= 15 is 0 Å². The van der Waals surface area contributed by atoms with Gasteiger partial charge in [0.2, 0.25) is 0 Å². The second kappa shape index (κ2) is 4.17. The van der Waals surface area contributed by atoms with Gasteiger partial charge in [0, 0.05) is 44.8 Å². The van der Waals surface area contributed by atoms with Crippen LogP contribution in [0.15, 0.2) is 0 Å². The largest absolute Gasteiger partial charge is 0.326 e. The van der Waals surface area contributed by atoms with Gasteiger partial charge in [0.05, 0.1) is 0 Å². The summed E-state index contributed by atoms with van der Waals surface area (Å²) >= 11 is 0. The molecule has 0 aromatic heterocycles. The van der Waals surface area contributed by atoms with E-state index in [4.69, 9.17) is 5.73 Å². The molecular formula is C11H23N3. The minimum Gasteiger partial charge on any atom is -0.326 e. The summed E-state index contributed by atoms with van der Waals surface area (Å²) in [6, 6.07) is 0.982. The molecule has 3 atom stereocenters. The van der Waals surface area contributed by atoms with Crippen molar-refractivity contribution in [2.24, 2.45) is 11.7 Å². The van der Waals surface area contributed by atoms with Crippen LogP contribution in [0.1, 0.15) is 20.3 Å². The van der Waals surface area contributed by atoms with Crippen LogP contribution in [0.2, 0.25) is 0 Å². The van der Waals surface area contributed by atoms with Crippen LogP contribution in [0.3, 0.4) is 0 Å². The molecule has 3 heterocycles. The van der Waals surface area contributed by atoms with E-state index < -0.39 is 0 Å². The molecule has 3 saturated heterocycles. The van der Waals surface area contributed by atoms with Crippen molar-refractivity contribution in [1.29, 1.82) is 0 Å². The van der Waals surface area contributed by atoms with Crippen LogP contribution in [0, 0.1) is 5.92 Å². The van der Waals surface area contributed by atoms with E-state index in [1.54, 1.807) is 0 Å². The summed E-state index contributed by atoms with van der Waals surface area (Å²) < 4.78 is 0. The van der Waals surface area contributed by atoms with Gasteiger partial charge >= 0.3 is 0 Å². The highest BCUT2D eigenvalue weighted by Gasteiger charge is 2.36. The molecule has 0 aromatic rings. The Morgan fingerprint density at radius 3 is 2.36 bits per heavy atom. The molecule has 2 bridgehead atoms. The lowest BCUT2D eigenvalue weighted by Gasteiger charge is -2.50. The van der Waals surface area contributed by atoms with E-state index in [9.17, 15) is 0 Å². The summed E-state index contributed by atoms with van der Waals surface area (Å²) in [4.78, 5) is 5.16. The second-order valence-electron chi connectivity index (χ2n) is 4.87. The van der Waals surface area contributed by atoms with Crippen molar-refractivity contribution in [2.45, 2.75) is 32.4 Å². The monoisotopic (exact) mass is 197 g/mol. The number of fused-ring (bicyclic) bond motifs is 3. The highest BCUT2D eigenvalue weighted by molar-refractivity contribution is 4.94. The van der Waals surface area contributed by atoms with Crippen LogP contribution in [-0.2, 0) is 0 Å². The Bertz CT molecular complexity index is 187. The molecule has 3 heteroatoms. The summed E-state index contributed by atoms with van der Waals surface area (Å²) in [5, 5.41) is 0. The molecule has 3 aliphatic rings. The van der Waals surface area contributed by atoms with Gasteiger partial charge in [-0.1, -0.05) is 20.3 Å². The lowest BCUT2D eigenvalue weighted by atomic mass is 9.90. The Morgan fingerprint density at radius 1 is 1.29 bits per heavy atom. The zero-order chi connectivity index (χ0) is 10.1. The first-order valence-corrected chi connectivity index (χ1v) is 5.94. The van der Waals surface area contributed by atoms with Gasteiger partial charge in [-0.2, -0.15) is 0 Å². The maximum Gasteiger partial charge on any atom is 0.0378 e. The van der Waals surface area contributed by atoms with Gasteiger partial charge in [0.15, 0.2) is 0 Å². The first-order valence-electron chi connectivity index (χ1n) is 5.94. The Labute approximate surface area is 87.2 Å². The first kappa shape index (κ1) is 10.4. The third-order valence-corrected chi connectivity index (χ3v) is 4.07. The minimum absolute atomic E-state index is 0.364. The molecule has 82 valence electrons. The molecule has 2 N–H and O–H groups in total. The summed E-state index contributed by atoms with van der Waals surface area (Å²) in [5.41, 5.74) is 6.32. The van der Waals surface area contributed by atoms with Crippen LogP contribution in [-0.4, -0.2) is 54.6 Å². The Kier molecular flexibility index (Phi) is 3.10. The summed E-state index contributed by atoms with van der Waals surface area (Å²) in [7, 11) is 0. The second-order valence-corrected chi connectivity index (χ2v) is 4.87. The van der Waals surface area contributed by atoms with Crippen molar-refractivity contribution in [3.05, 3.63) is 0 Å². The van der Waals surface area contributed by atoms with Crippen molar-refractivity contribution in [3.8, 4) is 0 Å². The third-order valence-electron chi connectivity index (χ3n) is 4.07. The van der Waals surface area contributed by atoms with Gasteiger partial charge in [-0.3, -0.25) is 9.80 Å². The van der Waals surface area contributed by atoms with Crippen LogP contribution >= 0.6 is 0 Å². The first-order chi connectivity index (χ1) is 6.72. The van der Waals surface area contributed by atoms with Gasteiger partial charge in [0.25, 0.3) is 0 Å². The molecule has 3 fully saturated rings.